The van der Waals surface area contributed by atoms with Crippen LogP contribution in [0.1, 0.15) is 77.0 Å². The Hall–Kier alpha value is -1.06. The number of carboxylic acid groups (broad SMARTS) is 1. The summed E-state index contributed by atoms with van der Waals surface area (Å²) < 4.78 is 0. The summed E-state index contributed by atoms with van der Waals surface area (Å²) in [6.45, 7) is 0.311. The number of carboxylic acids is 1. The van der Waals surface area contributed by atoms with E-state index in [1.165, 1.54) is 32.1 Å². The predicted octanol–water partition coefficient (Wildman–Crippen LogP) is 3.50. The van der Waals surface area contributed by atoms with E-state index < -0.39 is 11.4 Å². The summed E-state index contributed by atoms with van der Waals surface area (Å²) >= 11 is 0. The minimum atomic E-state index is -0.741. The van der Waals surface area contributed by atoms with Gasteiger partial charge in [0.15, 0.2) is 0 Å². The molecule has 4 nitrogen and oxygen atoms in total. The molecule has 0 atom stereocenters. The van der Waals surface area contributed by atoms with E-state index in [1.54, 1.807) is 0 Å². The first-order chi connectivity index (χ1) is 10.1. The van der Waals surface area contributed by atoms with Gasteiger partial charge in [0.25, 0.3) is 0 Å². The highest BCUT2D eigenvalue weighted by atomic mass is 16.4. The molecule has 21 heavy (non-hydrogen) atoms. The molecule has 2 aliphatic carbocycles. The third kappa shape index (κ3) is 4.72. The molecule has 0 aromatic heterocycles. The highest BCUT2D eigenvalue weighted by Gasteiger charge is 2.39. The van der Waals surface area contributed by atoms with E-state index in [1.807, 2.05) is 0 Å². The zero-order valence-corrected chi connectivity index (χ0v) is 13.0. The standard InChI is InChI=1S/C17H29NO3/c19-15(10-9-14-7-3-1-4-8-14)18-13-17(16(20)21)11-5-2-6-12-17/h14H,1-13H2,(H,18,19)(H,20,21). The summed E-state index contributed by atoms with van der Waals surface area (Å²) in [7, 11) is 0. The Morgan fingerprint density at radius 1 is 1.00 bits per heavy atom. The SMILES string of the molecule is O=C(CCC1CCCCC1)NCC1(C(=O)O)CCCCC1. The van der Waals surface area contributed by atoms with Crippen LogP contribution in [0.5, 0.6) is 0 Å². The van der Waals surface area contributed by atoms with Crippen LogP contribution in [0.25, 0.3) is 0 Å². The smallest absolute Gasteiger partial charge is 0.311 e. The summed E-state index contributed by atoms with van der Waals surface area (Å²) in [5.41, 5.74) is -0.710. The first-order valence-corrected chi connectivity index (χ1v) is 8.62. The zero-order chi connectivity index (χ0) is 15.1. The second-order valence-electron chi connectivity index (χ2n) is 6.97. The Morgan fingerprint density at radius 3 is 2.24 bits per heavy atom. The van der Waals surface area contributed by atoms with Crippen LogP contribution in [0.15, 0.2) is 0 Å². The third-order valence-corrected chi connectivity index (χ3v) is 5.39. The number of carbonyl (C=O) groups excluding carboxylic acids is 1. The first-order valence-electron chi connectivity index (χ1n) is 8.62. The molecule has 2 aliphatic rings. The van der Waals surface area contributed by atoms with Gasteiger partial charge >= 0.3 is 5.97 Å². The third-order valence-electron chi connectivity index (χ3n) is 5.39. The van der Waals surface area contributed by atoms with Crippen LogP contribution in [0.4, 0.5) is 0 Å². The van der Waals surface area contributed by atoms with Gasteiger partial charge < -0.3 is 10.4 Å². The minimum absolute atomic E-state index is 0.0340. The molecule has 2 fully saturated rings. The van der Waals surface area contributed by atoms with Crippen molar-refractivity contribution < 1.29 is 14.7 Å². The Morgan fingerprint density at radius 2 is 1.62 bits per heavy atom. The fraction of sp³-hybridized carbons (Fsp3) is 0.882. The molecule has 1 amide bonds. The minimum Gasteiger partial charge on any atom is -0.481 e. The maximum absolute atomic E-state index is 12.0. The van der Waals surface area contributed by atoms with Gasteiger partial charge in [0.05, 0.1) is 5.41 Å². The maximum atomic E-state index is 12.0. The van der Waals surface area contributed by atoms with E-state index in [0.717, 1.165) is 25.7 Å². The monoisotopic (exact) mass is 295 g/mol. The van der Waals surface area contributed by atoms with E-state index in [0.29, 0.717) is 31.7 Å². The molecule has 0 aromatic carbocycles. The van der Waals surface area contributed by atoms with E-state index in [-0.39, 0.29) is 5.91 Å². The van der Waals surface area contributed by atoms with Crippen molar-refractivity contribution in [2.75, 3.05) is 6.54 Å². The molecule has 4 heteroatoms. The molecule has 0 aromatic rings. The first kappa shape index (κ1) is 16.3. The Bertz CT molecular complexity index is 355. The molecule has 0 aliphatic heterocycles. The average molecular weight is 295 g/mol. The van der Waals surface area contributed by atoms with Gasteiger partial charge in [-0.05, 0) is 25.2 Å². The molecule has 0 unspecified atom stereocenters. The lowest BCUT2D eigenvalue weighted by molar-refractivity contribution is -0.151. The number of rotatable bonds is 6. The summed E-state index contributed by atoms with van der Waals surface area (Å²) in [6.07, 6.45) is 12.4. The van der Waals surface area contributed by atoms with Gasteiger partial charge in [0.2, 0.25) is 5.91 Å². The normalized spacial score (nSPS) is 22.7. The van der Waals surface area contributed by atoms with Crippen molar-refractivity contribution >= 4 is 11.9 Å². The summed E-state index contributed by atoms with van der Waals surface area (Å²) in [5.74, 6) is -0.00540. The highest BCUT2D eigenvalue weighted by Crippen LogP contribution is 2.36. The summed E-state index contributed by atoms with van der Waals surface area (Å²) in [4.78, 5) is 23.5. The number of hydrogen-bond acceptors (Lipinski definition) is 2. The van der Waals surface area contributed by atoms with Gasteiger partial charge in [0, 0.05) is 13.0 Å². The van der Waals surface area contributed by atoms with Crippen molar-refractivity contribution in [1.82, 2.24) is 5.32 Å². The number of hydrogen-bond donors (Lipinski definition) is 2. The van der Waals surface area contributed by atoms with Gasteiger partial charge in [-0.2, -0.15) is 0 Å². The fourth-order valence-electron chi connectivity index (χ4n) is 3.86. The molecule has 0 bridgehead atoms. The average Bonchev–Trinajstić information content (AvgIpc) is 2.52. The molecule has 2 rings (SSSR count). The molecule has 2 N–H and O–H groups in total. The van der Waals surface area contributed by atoms with E-state index >= 15 is 0 Å². The zero-order valence-electron chi connectivity index (χ0n) is 13.0. The largest absolute Gasteiger partial charge is 0.481 e. The van der Waals surface area contributed by atoms with E-state index in [2.05, 4.69) is 5.32 Å². The van der Waals surface area contributed by atoms with Crippen molar-refractivity contribution in [2.45, 2.75) is 77.0 Å². The van der Waals surface area contributed by atoms with Crippen LogP contribution in [-0.4, -0.2) is 23.5 Å². The molecule has 2 saturated carbocycles. The Kier molecular flexibility index (Phi) is 6.07. The lowest BCUT2D eigenvalue weighted by atomic mass is 9.74. The van der Waals surface area contributed by atoms with Gasteiger partial charge in [0.1, 0.15) is 0 Å². The van der Waals surface area contributed by atoms with Crippen molar-refractivity contribution in [3.8, 4) is 0 Å². The summed E-state index contributed by atoms with van der Waals surface area (Å²) in [5, 5.41) is 12.4. The lowest BCUT2D eigenvalue weighted by Crippen LogP contribution is -2.44. The van der Waals surface area contributed by atoms with Crippen LogP contribution in [0.2, 0.25) is 0 Å². The molecule has 120 valence electrons. The van der Waals surface area contributed by atoms with Crippen molar-refractivity contribution in [1.29, 1.82) is 0 Å². The number of nitrogens with one attached hydrogen (secondary N) is 1. The highest BCUT2D eigenvalue weighted by molar-refractivity contribution is 5.79. The van der Waals surface area contributed by atoms with Crippen LogP contribution in [-0.2, 0) is 9.59 Å². The van der Waals surface area contributed by atoms with Crippen molar-refractivity contribution in [2.24, 2.45) is 11.3 Å². The quantitative estimate of drug-likeness (QED) is 0.788. The van der Waals surface area contributed by atoms with E-state index in [9.17, 15) is 14.7 Å². The van der Waals surface area contributed by atoms with Gasteiger partial charge in [-0.1, -0.05) is 51.4 Å². The second-order valence-corrected chi connectivity index (χ2v) is 6.97. The van der Waals surface area contributed by atoms with Gasteiger partial charge in [-0.25, -0.2) is 0 Å². The van der Waals surface area contributed by atoms with Crippen molar-refractivity contribution in [3.63, 3.8) is 0 Å². The molecular formula is C17H29NO3. The van der Waals surface area contributed by atoms with Crippen molar-refractivity contribution in [3.05, 3.63) is 0 Å². The lowest BCUT2D eigenvalue weighted by Gasteiger charge is -2.33. The van der Waals surface area contributed by atoms with Gasteiger partial charge in [-0.15, -0.1) is 0 Å². The summed E-state index contributed by atoms with van der Waals surface area (Å²) in [6, 6.07) is 0. The molecular weight excluding hydrogens is 266 g/mol. The predicted molar refractivity (Wildman–Crippen MR) is 82.0 cm³/mol. The molecule has 0 saturated heterocycles. The van der Waals surface area contributed by atoms with Gasteiger partial charge in [-0.3, -0.25) is 9.59 Å². The molecule has 0 radical (unpaired) electrons. The van der Waals surface area contributed by atoms with Crippen LogP contribution >= 0.6 is 0 Å². The number of carbonyl (C=O) groups is 2. The van der Waals surface area contributed by atoms with Crippen LogP contribution in [0.3, 0.4) is 0 Å². The fourth-order valence-corrected chi connectivity index (χ4v) is 3.86. The Labute approximate surface area is 127 Å². The second kappa shape index (κ2) is 7.81. The molecule has 0 spiro atoms. The van der Waals surface area contributed by atoms with E-state index in [4.69, 9.17) is 0 Å². The topological polar surface area (TPSA) is 66.4 Å². The maximum Gasteiger partial charge on any atom is 0.311 e. The molecule has 0 heterocycles. The van der Waals surface area contributed by atoms with Crippen LogP contribution < -0.4 is 5.32 Å². The number of amides is 1. The van der Waals surface area contributed by atoms with Crippen LogP contribution in [0, 0.1) is 11.3 Å². The Balaban J connectivity index is 1.72. The number of aliphatic carboxylic acids is 1.